The molecule has 0 unspecified atom stereocenters. The number of hydrogen-bond donors (Lipinski definition) is 1. The standard InChI is InChI=1S/C19H18O7/c1-22-11-5-6-13-12(9-11)16(20)17(21)18(26-13)10-7-14(23-2)19(25-4)15(8-10)24-3/h5-9,21H,1-4H3. The number of fused-ring (bicyclic) bond motifs is 1. The lowest BCUT2D eigenvalue weighted by Crippen LogP contribution is -2.03. The van der Waals surface area contributed by atoms with E-state index in [1.165, 1.54) is 34.5 Å². The molecule has 0 atom stereocenters. The molecular formula is C19H18O7. The van der Waals surface area contributed by atoms with Crippen LogP contribution in [0.5, 0.6) is 28.7 Å². The molecule has 0 amide bonds. The van der Waals surface area contributed by atoms with Gasteiger partial charge in [-0.1, -0.05) is 0 Å². The van der Waals surface area contributed by atoms with E-state index in [2.05, 4.69) is 0 Å². The van der Waals surface area contributed by atoms with Crippen LogP contribution in [0, 0.1) is 0 Å². The summed E-state index contributed by atoms with van der Waals surface area (Å²) in [5, 5.41) is 10.6. The fraction of sp³-hybridized carbons (Fsp3) is 0.211. The maximum Gasteiger partial charge on any atom is 0.235 e. The molecule has 0 saturated heterocycles. The zero-order valence-corrected chi connectivity index (χ0v) is 14.8. The van der Waals surface area contributed by atoms with E-state index in [9.17, 15) is 9.90 Å². The molecule has 0 aliphatic carbocycles. The number of rotatable bonds is 5. The third kappa shape index (κ3) is 2.77. The molecule has 0 spiro atoms. The molecule has 1 aromatic heterocycles. The summed E-state index contributed by atoms with van der Waals surface area (Å²) in [6.07, 6.45) is 0. The van der Waals surface area contributed by atoms with Gasteiger partial charge in [0, 0.05) is 5.56 Å². The first-order chi connectivity index (χ1) is 12.5. The van der Waals surface area contributed by atoms with Crippen molar-refractivity contribution in [2.45, 2.75) is 0 Å². The predicted molar refractivity (Wildman–Crippen MR) is 95.8 cm³/mol. The predicted octanol–water partition coefficient (Wildman–Crippen LogP) is 3.20. The molecule has 0 saturated carbocycles. The summed E-state index contributed by atoms with van der Waals surface area (Å²) in [5.41, 5.74) is 0.165. The summed E-state index contributed by atoms with van der Waals surface area (Å²) in [5.74, 6) is 1.13. The molecule has 1 heterocycles. The first-order valence-electron chi connectivity index (χ1n) is 7.68. The molecule has 26 heavy (non-hydrogen) atoms. The Morgan fingerprint density at radius 1 is 0.885 bits per heavy atom. The van der Waals surface area contributed by atoms with Crippen molar-refractivity contribution in [3.8, 4) is 40.1 Å². The minimum atomic E-state index is -0.561. The van der Waals surface area contributed by atoms with E-state index in [4.69, 9.17) is 23.4 Å². The first-order valence-corrected chi connectivity index (χ1v) is 7.68. The highest BCUT2D eigenvalue weighted by atomic mass is 16.5. The molecular weight excluding hydrogens is 340 g/mol. The van der Waals surface area contributed by atoms with E-state index in [-0.39, 0.29) is 11.1 Å². The molecule has 0 aliphatic rings. The van der Waals surface area contributed by atoms with E-state index in [1.807, 2.05) is 0 Å². The van der Waals surface area contributed by atoms with Gasteiger partial charge in [-0.2, -0.15) is 0 Å². The third-order valence-electron chi connectivity index (χ3n) is 4.00. The second-order valence-electron chi connectivity index (χ2n) is 5.39. The van der Waals surface area contributed by atoms with Crippen LogP contribution in [0.4, 0.5) is 0 Å². The van der Waals surface area contributed by atoms with E-state index in [0.717, 1.165) is 0 Å². The lowest BCUT2D eigenvalue weighted by molar-refractivity contribution is 0.324. The lowest BCUT2D eigenvalue weighted by Gasteiger charge is -2.14. The zero-order valence-electron chi connectivity index (χ0n) is 14.8. The molecule has 2 aromatic carbocycles. The second kappa shape index (κ2) is 6.87. The second-order valence-corrected chi connectivity index (χ2v) is 5.39. The maximum atomic E-state index is 12.6. The summed E-state index contributed by atoms with van der Waals surface area (Å²) >= 11 is 0. The van der Waals surface area contributed by atoms with Crippen LogP contribution in [0.2, 0.25) is 0 Å². The Labute approximate surface area is 149 Å². The topological polar surface area (TPSA) is 87.4 Å². The summed E-state index contributed by atoms with van der Waals surface area (Å²) in [4.78, 5) is 12.6. The number of benzene rings is 2. The van der Waals surface area contributed by atoms with Crippen molar-refractivity contribution in [3.63, 3.8) is 0 Å². The molecule has 0 radical (unpaired) electrons. The van der Waals surface area contributed by atoms with Crippen LogP contribution < -0.4 is 24.4 Å². The summed E-state index contributed by atoms with van der Waals surface area (Å²) in [6, 6.07) is 7.97. The van der Waals surface area contributed by atoms with Crippen LogP contribution in [0.15, 0.2) is 39.5 Å². The van der Waals surface area contributed by atoms with Gasteiger partial charge < -0.3 is 28.5 Å². The average Bonchev–Trinajstić information content (AvgIpc) is 2.69. The van der Waals surface area contributed by atoms with Gasteiger partial charge in [0.2, 0.25) is 16.9 Å². The quantitative estimate of drug-likeness (QED) is 0.749. The van der Waals surface area contributed by atoms with Gasteiger partial charge in [-0.05, 0) is 30.3 Å². The average molecular weight is 358 g/mol. The Morgan fingerprint density at radius 2 is 1.54 bits per heavy atom. The Balaban J connectivity index is 2.29. The van der Waals surface area contributed by atoms with Gasteiger partial charge in [-0.15, -0.1) is 0 Å². The molecule has 3 rings (SSSR count). The highest BCUT2D eigenvalue weighted by Gasteiger charge is 2.20. The Hall–Kier alpha value is -3.35. The van der Waals surface area contributed by atoms with E-state index < -0.39 is 11.2 Å². The van der Waals surface area contributed by atoms with Crippen LogP contribution in [0.1, 0.15) is 0 Å². The van der Waals surface area contributed by atoms with Crippen molar-refractivity contribution in [1.29, 1.82) is 0 Å². The van der Waals surface area contributed by atoms with E-state index >= 15 is 0 Å². The summed E-state index contributed by atoms with van der Waals surface area (Å²) < 4.78 is 26.8. The van der Waals surface area contributed by atoms with Crippen molar-refractivity contribution in [1.82, 2.24) is 0 Å². The fourth-order valence-electron chi connectivity index (χ4n) is 2.70. The number of hydrogen-bond acceptors (Lipinski definition) is 7. The molecule has 7 nitrogen and oxygen atoms in total. The van der Waals surface area contributed by atoms with Gasteiger partial charge in [0.05, 0.1) is 33.8 Å². The zero-order chi connectivity index (χ0) is 18.8. The molecule has 136 valence electrons. The van der Waals surface area contributed by atoms with E-state index in [1.54, 1.807) is 24.3 Å². The van der Waals surface area contributed by atoms with Crippen molar-refractivity contribution in [2.75, 3.05) is 28.4 Å². The van der Waals surface area contributed by atoms with Crippen LogP contribution in [-0.2, 0) is 0 Å². The molecule has 0 aliphatic heterocycles. The van der Waals surface area contributed by atoms with Crippen LogP contribution >= 0.6 is 0 Å². The molecule has 7 heteroatoms. The van der Waals surface area contributed by atoms with Crippen LogP contribution in [0.25, 0.3) is 22.3 Å². The highest BCUT2D eigenvalue weighted by Crippen LogP contribution is 2.43. The Kier molecular flexibility index (Phi) is 4.62. The van der Waals surface area contributed by atoms with Crippen molar-refractivity contribution in [3.05, 3.63) is 40.6 Å². The van der Waals surface area contributed by atoms with E-state index in [0.29, 0.717) is 34.1 Å². The Morgan fingerprint density at radius 3 is 2.08 bits per heavy atom. The van der Waals surface area contributed by atoms with Gasteiger partial charge in [0.25, 0.3) is 0 Å². The highest BCUT2D eigenvalue weighted by molar-refractivity contribution is 5.83. The minimum absolute atomic E-state index is 0.00641. The first kappa shape index (κ1) is 17.5. The van der Waals surface area contributed by atoms with Gasteiger partial charge in [-0.25, -0.2) is 0 Å². The van der Waals surface area contributed by atoms with Crippen molar-refractivity contribution >= 4 is 11.0 Å². The summed E-state index contributed by atoms with van der Waals surface area (Å²) in [7, 11) is 5.93. The van der Waals surface area contributed by atoms with Crippen molar-refractivity contribution in [2.24, 2.45) is 0 Å². The van der Waals surface area contributed by atoms with Crippen LogP contribution in [-0.4, -0.2) is 33.5 Å². The van der Waals surface area contributed by atoms with Gasteiger partial charge in [-0.3, -0.25) is 4.79 Å². The van der Waals surface area contributed by atoms with Crippen molar-refractivity contribution < 1.29 is 28.5 Å². The third-order valence-corrected chi connectivity index (χ3v) is 4.00. The SMILES string of the molecule is COc1ccc2oc(-c3cc(OC)c(OC)c(OC)c3)c(O)c(=O)c2c1. The summed E-state index contributed by atoms with van der Waals surface area (Å²) in [6.45, 7) is 0. The maximum absolute atomic E-state index is 12.6. The molecule has 0 fully saturated rings. The minimum Gasteiger partial charge on any atom is -0.502 e. The molecule has 0 bridgehead atoms. The number of aromatic hydroxyl groups is 1. The molecule has 3 aromatic rings. The van der Waals surface area contributed by atoms with Gasteiger partial charge >= 0.3 is 0 Å². The van der Waals surface area contributed by atoms with Gasteiger partial charge in [0.1, 0.15) is 11.3 Å². The lowest BCUT2D eigenvalue weighted by atomic mass is 10.1. The van der Waals surface area contributed by atoms with Gasteiger partial charge in [0.15, 0.2) is 17.3 Å². The number of ether oxygens (including phenoxy) is 4. The largest absolute Gasteiger partial charge is 0.502 e. The smallest absolute Gasteiger partial charge is 0.235 e. The van der Waals surface area contributed by atoms with Crippen LogP contribution in [0.3, 0.4) is 0 Å². The number of methoxy groups -OCH3 is 4. The Bertz CT molecular complexity index is 995. The monoisotopic (exact) mass is 358 g/mol. The normalized spacial score (nSPS) is 10.6. The molecule has 1 N–H and O–H groups in total. The fourth-order valence-corrected chi connectivity index (χ4v) is 2.70.